The summed E-state index contributed by atoms with van der Waals surface area (Å²) in [6, 6.07) is 6.30. The molecule has 0 bridgehead atoms. The molecule has 7 heteroatoms. The van der Waals surface area contributed by atoms with Gasteiger partial charge in [0.05, 0.1) is 12.6 Å². The maximum Gasteiger partial charge on any atom is 0.312 e. The van der Waals surface area contributed by atoms with Crippen molar-refractivity contribution in [2.24, 2.45) is 0 Å². The summed E-state index contributed by atoms with van der Waals surface area (Å²) in [4.78, 5) is 27.0. The molecule has 0 spiro atoms. The van der Waals surface area contributed by atoms with Crippen molar-refractivity contribution in [1.29, 1.82) is 0 Å². The molecular weight excluding hydrogens is 301 g/mol. The Morgan fingerprint density at radius 3 is 3.00 bits per heavy atom. The second-order valence-electron chi connectivity index (χ2n) is 5.99. The number of rotatable bonds is 2. The minimum absolute atomic E-state index is 0.00391. The second-order valence-corrected chi connectivity index (χ2v) is 5.99. The van der Waals surface area contributed by atoms with E-state index in [9.17, 15) is 14.0 Å². The summed E-state index contributed by atoms with van der Waals surface area (Å²) in [6.07, 6.45) is 0. The Balaban J connectivity index is 1.47. The van der Waals surface area contributed by atoms with E-state index >= 15 is 0 Å². The highest BCUT2D eigenvalue weighted by molar-refractivity contribution is 6.35. The van der Waals surface area contributed by atoms with Gasteiger partial charge < -0.3 is 14.6 Å². The number of nitrogens with zero attached hydrogens (tertiary/aromatic N) is 2. The third-order valence-electron chi connectivity index (χ3n) is 4.43. The molecule has 23 heavy (non-hydrogen) atoms. The lowest BCUT2D eigenvalue weighted by atomic mass is 10.1. The first kappa shape index (κ1) is 14.2. The molecular formula is C16H16FN3O3. The summed E-state index contributed by atoms with van der Waals surface area (Å²) in [7, 11) is 0. The van der Waals surface area contributed by atoms with Gasteiger partial charge in [-0.3, -0.25) is 14.5 Å². The molecule has 3 heterocycles. The van der Waals surface area contributed by atoms with E-state index in [0.717, 1.165) is 11.1 Å². The van der Waals surface area contributed by atoms with E-state index < -0.39 is 11.8 Å². The van der Waals surface area contributed by atoms with Crippen molar-refractivity contribution in [1.82, 2.24) is 15.1 Å². The highest BCUT2D eigenvalue weighted by atomic mass is 19.1. The fraction of sp³-hybridized carbons (Fsp3) is 0.375. The lowest BCUT2D eigenvalue weighted by Gasteiger charge is -2.43. The third-order valence-corrected chi connectivity index (χ3v) is 4.43. The fourth-order valence-corrected chi connectivity index (χ4v) is 3.29. The van der Waals surface area contributed by atoms with E-state index in [1.807, 2.05) is 6.07 Å². The minimum Gasteiger partial charge on any atom is -0.460 e. The van der Waals surface area contributed by atoms with Crippen molar-refractivity contribution < 1.29 is 18.4 Å². The van der Waals surface area contributed by atoms with E-state index in [1.165, 1.54) is 12.1 Å². The van der Waals surface area contributed by atoms with Crippen molar-refractivity contribution >= 4 is 22.8 Å². The van der Waals surface area contributed by atoms with Crippen LogP contribution in [0.3, 0.4) is 0 Å². The van der Waals surface area contributed by atoms with Gasteiger partial charge in [0.15, 0.2) is 0 Å². The Morgan fingerprint density at radius 2 is 2.13 bits per heavy atom. The Kier molecular flexibility index (Phi) is 3.30. The number of nitrogens with one attached hydrogen (secondary N) is 1. The Bertz CT molecular complexity index is 788. The second kappa shape index (κ2) is 5.34. The van der Waals surface area contributed by atoms with Gasteiger partial charge in [-0.1, -0.05) is 0 Å². The summed E-state index contributed by atoms with van der Waals surface area (Å²) in [5, 5.41) is 3.37. The molecule has 6 nitrogen and oxygen atoms in total. The van der Waals surface area contributed by atoms with Crippen LogP contribution in [0.2, 0.25) is 0 Å². The molecule has 120 valence electrons. The van der Waals surface area contributed by atoms with Crippen LogP contribution in [-0.2, 0) is 16.1 Å². The zero-order chi connectivity index (χ0) is 16.0. The molecule has 0 saturated carbocycles. The van der Waals surface area contributed by atoms with Crippen molar-refractivity contribution in [2.45, 2.75) is 12.6 Å². The number of carbonyl (C=O) groups excluding carboxylic acids is 2. The monoisotopic (exact) mass is 317 g/mol. The van der Waals surface area contributed by atoms with Crippen LogP contribution in [-0.4, -0.2) is 53.8 Å². The average Bonchev–Trinajstić information content (AvgIpc) is 2.92. The van der Waals surface area contributed by atoms with Crippen molar-refractivity contribution in [3.8, 4) is 0 Å². The van der Waals surface area contributed by atoms with Crippen LogP contribution in [0.4, 0.5) is 4.39 Å². The number of piperazine rings is 2. The number of hydrogen-bond donors (Lipinski definition) is 1. The molecule has 2 aliphatic rings. The van der Waals surface area contributed by atoms with Gasteiger partial charge in [0, 0.05) is 31.6 Å². The normalized spacial score (nSPS) is 22.3. The van der Waals surface area contributed by atoms with Crippen LogP contribution in [0.15, 0.2) is 28.7 Å². The molecule has 0 radical (unpaired) electrons. The van der Waals surface area contributed by atoms with Gasteiger partial charge in [0.25, 0.3) is 0 Å². The van der Waals surface area contributed by atoms with Crippen molar-refractivity contribution in [2.75, 3.05) is 26.2 Å². The molecule has 2 amide bonds. The number of hydrogen-bond acceptors (Lipinski definition) is 4. The SMILES string of the molecule is O=C1NC[C@@H]2CN(Cc3cc4cc(F)ccc4o3)CCN2C1=O. The minimum atomic E-state index is -0.519. The molecule has 1 aromatic carbocycles. The summed E-state index contributed by atoms with van der Waals surface area (Å²) in [6.45, 7) is 2.97. The third kappa shape index (κ3) is 2.57. The summed E-state index contributed by atoms with van der Waals surface area (Å²) in [5.74, 6) is -0.478. The molecule has 1 N–H and O–H groups in total. The van der Waals surface area contributed by atoms with Crippen LogP contribution in [0.1, 0.15) is 5.76 Å². The van der Waals surface area contributed by atoms with E-state index in [2.05, 4.69) is 10.2 Å². The molecule has 2 aromatic rings. The summed E-state index contributed by atoms with van der Waals surface area (Å²) < 4.78 is 19.0. The van der Waals surface area contributed by atoms with Crippen molar-refractivity contribution in [3.05, 3.63) is 35.8 Å². The molecule has 2 aliphatic heterocycles. The highest BCUT2D eigenvalue weighted by Crippen LogP contribution is 2.22. The molecule has 1 aromatic heterocycles. The van der Waals surface area contributed by atoms with Crippen LogP contribution in [0.5, 0.6) is 0 Å². The van der Waals surface area contributed by atoms with Gasteiger partial charge in [-0.05, 0) is 24.3 Å². The summed E-state index contributed by atoms with van der Waals surface area (Å²) >= 11 is 0. The van der Waals surface area contributed by atoms with Gasteiger partial charge in [0.2, 0.25) is 0 Å². The maximum absolute atomic E-state index is 13.2. The average molecular weight is 317 g/mol. The van der Waals surface area contributed by atoms with Gasteiger partial charge in [-0.15, -0.1) is 0 Å². The highest BCUT2D eigenvalue weighted by Gasteiger charge is 2.37. The Hall–Kier alpha value is -2.41. The van der Waals surface area contributed by atoms with E-state index in [4.69, 9.17) is 4.42 Å². The maximum atomic E-state index is 13.2. The van der Waals surface area contributed by atoms with Crippen LogP contribution in [0, 0.1) is 5.82 Å². The molecule has 4 rings (SSSR count). The van der Waals surface area contributed by atoms with Gasteiger partial charge in [0.1, 0.15) is 17.2 Å². The zero-order valence-corrected chi connectivity index (χ0v) is 12.4. The molecule has 2 saturated heterocycles. The van der Waals surface area contributed by atoms with E-state index in [0.29, 0.717) is 38.3 Å². The zero-order valence-electron chi connectivity index (χ0n) is 12.4. The Morgan fingerprint density at radius 1 is 1.26 bits per heavy atom. The van der Waals surface area contributed by atoms with Crippen LogP contribution >= 0.6 is 0 Å². The predicted molar refractivity (Wildman–Crippen MR) is 80.0 cm³/mol. The summed E-state index contributed by atoms with van der Waals surface area (Å²) in [5.41, 5.74) is 0.667. The first-order valence-electron chi connectivity index (χ1n) is 7.59. The molecule has 2 fully saturated rings. The Labute approximate surface area is 131 Å². The quantitative estimate of drug-likeness (QED) is 0.829. The standard InChI is InChI=1S/C16H16FN3O3/c17-11-1-2-14-10(5-11)6-13(23-14)9-19-3-4-20-12(8-19)7-18-15(21)16(20)22/h1-2,5-6,12H,3-4,7-9H2,(H,18,21)/t12-/m1/s1. The first-order chi connectivity index (χ1) is 11.1. The number of furan rings is 1. The van der Waals surface area contributed by atoms with E-state index in [1.54, 1.807) is 11.0 Å². The molecule has 1 atom stereocenters. The predicted octanol–water partition coefficient (Wildman–Crippen LogP) is 0.714. The topological polar surface area (TPSA) is 65.8 Å². The largest absolute Gasteiger partial charge is 0.460 e. The number of amides is 2. The van der Waals surface area contributed by atoms with Gasteiger partial charge in [-0.25, -0.2) is 4.39 Å². The lowest BCUT2D eigenvalue weighted by molar-refractivity contribution is -0.152. The number of carbonyl (C=O) groups is 2. The number of benzene rings is 1. The smallest absolute Gasteiger partial charge is 0.312 e. The first-order valence-corrected chi connectivity index (χ1v) is 7.59. The number of fused-ring (bicyclic) bond motifs is 2. The van der Waals surface area contributed by atoms with Gasteiger partial charge in [-0.2, -0.15) is 0 Å². The fourth-order valence-electron chi connectivity index (χ4n) is 3.29. The molecule has 0 unspecified atom stereocenters. The van der Waals surface area contributed by atoms with Crippen LogP contribution in [0.25, 0.3) is 11.0 Å². The van der Waals surface area contributed by atoms with E-state index in [-0.39, 0.29) is 11.9 Å². The van der Waals surface area contributed by atoms with Gasteiger partial charge >= 0.3 is 11.8 Å². The van der Waals surface area contributed by atoms with Crippen molar-refractivity contribution in [3.63, 3.8) is 0 Å². The van der Waals surface area contributed by atoms with Crippen LogP contribution < -0.4 is 5.32 Å². The molecule has 0 aliphatic carbocycles. The number of halogens is 1. The lowest BCUT2D eigenvalue weighted by Crippen LogP contribution is -2.65.